The van der Waals surface area contributed by atoms with Crippen molar-refractivity contribution in [2.75, 3.05) is 13.2 Å². The molecule has 1 N–H and O–H groups in total. The normalized spacial score (nSPS) is 25.1. The van der Waals surface area contributed by atoms with Gasteiger partial charge in [-0.15, -0.1) is 0 Å². The molecular weight excluding hydrogens is 252 g/mol. The lowest BCUT2D eigenvalue weighted by atomic mass is 10.1. The number of rotatable bonds is 4. The van der Waals surface area contributed by atoms with Crippen LogP contribution in [0.1, 0.15) is 24.8 Å². The zero-order chi connectivity index (χ0) is 12.6. The molecule has 1 atom stereocenters. The molecule has 98 valence electrons. The molecule has 0 aromatic heterocycles. The van der Waals surface area contributed by atoms with Gasteiger partial charge in [-0.3, -0.25) is 0 Å². The second-order valence-corrected chi connectivity index (χ2v) is 5.68. The Kier molecular flexibility index (Phi) is 3.22. The van der Waals surface area contributed by atoms with Gasteiger partial charge in [0.05, 0.1) is 23.8 Å². The van der Waals surface area contributed by atoms with Crippen LogP contribution >= 0.6 is 11.6 Å². The second kappa shape index (κ2) is 4.72. The van der Waals surface area contributed by atoms with Crippen LogP contribution in [-0.4, -0.2) is 30.0 Å². The van der Waals surface area contributed by atoms with E-state index >= 15 is 0 Å². The summed E-state index contributed by atoms with van der Waals surface area (Å²) < 4.78 is 11.1. The summed E-state index contributed by atoms with van der Waals surface area (Å²) in [5.74, 6) is 0.707. The quantitative estimate of drug-likeness (QED) is 0.912. The van der Waals surface area contributed by atoms with Gasteiger partial charge in [-0.1, -0.05) is 17.7 Å². The number of halogens is 1. The van der Waals surface area contributed by atoms with E-state index in [1.807, 2.05) is 18.2 Å². The summed E-state index contributed by atoms with van der Waals surface area (Å²) in [4.78, 5) is 0. The molecule has 18 heavy (non-hydrogen) atoms. The third kappa shape index (κ3) is 2.79. The molecule has 0 bridgehead atoms. The standard InChI is InChI=1S/C14H17ClO3/c15-12-7-10(8-14(16)4-5-14)1-2-13(12)18-11-3-6-17-9-11/h1-2,7,11,16H,3-6,8-9H2. The fraction of sp³-hybridized carbons (Fsp3) is 0.571. The maximum absolute atomic E-state index is 9.88. The van der Waals surface area contributed by atoms with E-state index in [9.17, 15) is 5.11 Å². The first-order valence-corrected chi connectivity index (χ1v) is 6.78. The molecule has 2 aliphatic rings. The van der Waals surface area contributed by atoms with Crippen molar-refractivity contribution in [3.63, 3.8) is 0 Å². The third-order valence-corrected chi connectivity index (χ3v) is 3.83. The number of hydrogen-bond donors (Lipinski definition) is 1. The van der Waals surface area contributed by atoms with E-state index < -0.39 is 5.60 Å². The van der Waals surface area contributed by atoms with Crippen molar-refractivity contribution in [3.8, 4) is 5.75 Å². The average Bonchev–Trinajstić information content (AvgIpc) is 2.86. The molecular formula is C14H17ClO3. The van der Waals surface area contributed by atoms with Gasteiger partial charge in [-0.25, -0.2) is 0 Å². The van der Waals surface area contributed by atoms with E-state index in [4.69, 9.17) is 21.1 Å². The summed E-state index contributed by atoms with van der Waals surface area (Å²) in [6.07, 6.45) is 3.49. The highest BCUT2D eigenvalue weighted by molar-refractivity contribution is 6.32. The predicted molar refractivity (Wildman–Crippen MR) is 69.2 cm³/mol. The zero-order valence-electron chi connectivity index (χ0n) is 10.2. The van der Waals surface area contributed by atoms with Gasteiger partial charge in [0.25, 0.3) is 0 Å². The summed E-state index contributed by atoms with van der Waals surface area (Å²) in [5.41, 5.74) is 0.584. The molecule has 0 amide bonds. The van der Waals surface area contributed by atoms with E-state index in [2.05, 4.69) is 0 Å². The molecule has 3 rings (SSSR count). The minimum atomic E-state index is -0.481. The number of hydrogen-bond acceptors (Lipinski definition) is 3. The van der Waals surface area contributed by atoms with E-state index in [0.717, 1.165) is 31.4 Å². The fourth-order valence-corrected chi connectivity index (χ4v) is 2.48. The first kappa shape index (κ1) is 12.3. The Morgan fingerprint density at radius 2 is 2.28 bits per heavy atom. The van der Waals surface area contributed by atoms with E-state index in [1.165, 1.54) is 0 Å². The summed E-state index contributed by atoms with van der Waals surface area (Å²) in [7, 11) is 0. The molecule has 2 fully saturated rings. The van der Waals surface area contributed by atoms with Crippen molar-refractivity contribution in [2.45, 2.75) is 37.4 Å². The minimum absolute atomic E-state index is 0.112. The van der Waals surface area contributed by atoms with Crippen LogP contribution in [0.25, 0.3) is 0 Å². The molecule has 4 heteroatoms. The monoisotopic (exact) mass is 268 g/mol. The smallest absolute Gasteiger partial charge is 0.138 e. The van der Waals surface area contributed by atoms with Crippen LogP contribution in [0.4, 0.5) is 0 Å². The van der Waals surface area contributed by atoms with Crippen molar-refractivity contribution in [1.29, 1.82) is 0 Å². The molecule has 0 radical (unpaired) electrons. The largest absolute Gasteiger partial charge is 0.486 e. The van der Waals surface area contributed by atoms with E-state index in [-0.39, 0.29) is 6.10 Å². The zero-order valence-corrected chi connectivity index (χ0v) is 10.9. The minimum Gasteiger partial charge on any atom is -0.486 e. The lowest BCUT2D eigenvalue weighted by Crippen LogP contribution is -2.16. The van der Waals surface area contributed by atoms with Crippen LogP contribution in [-0.2, 0) is 11.2 Å². The van der Waals surface area contributed by atoms with Crippen molar-refractivity contribution in [2.24, 2.45) is 0 Å². The van der Waals surface area contributed by atoms with Crippen LogP contribution < -0.4 is 4.74 Å². The van der Waals surface area contributed by atoms with Gasteiger partial charge < -0.3 is 14.6 Å². The summed E-state index contributed by atoms with van der Waals surface area (Å²) in [6.45, 7) is 1.39. The molecule has 1 aliphatic heterocycles. The van der Waals surface area contributed by atoms with Gasteiger partial charge in [0.15, 0.2) is 0 Å². The lowest BCUT2D eigenvalue weighted by molar-refractivity contribution is 0.141. The lowest BCUT2D eigenvalue weighted by Gasteiger charge is -2.14. The Bertz CT molecular complexity index is 437. The highest BCUT2D eigenvalue weighted by Crippen LogP contribution is 2.39. The van der Waals surface area contributed by atoms with Crippen molar-refractivity contribution in [3.05, 3.63) is 28.8 Å². The van der Waals surface area contributed by atoms with Crippen LogP contribution in [0, 0.1) is 0 Å². The summed E-state index contributed by atoms with van der Waals surface area (Å²) >= 11 is 6.21. The van der Waals surface area contributed by atoms with Crippen LogP contribution in [0.2, 0.25) is 5.02 Å². The maximum atomic E-state index is 9.88. The summed E-state index contributed by atoms with van der Waals surface area (Å²) in [5, 5.41) is 10.5. The number of ether oxygens (including phenoxy) is 2. The molecule has 1 aliphatic carbocycles. The predicted octanol–water partition coefficient (Wildman–Crippen LogP) is 2.58. The molecule has 1 saturated carbocycles. The van der Waals surface area contributed by atoms with Gasteiger partial charge in [-0.2, -0.15) is 0 Å². The van der Waals surface area contributed by atoms with E-state index in [1.54, 1.807) is 0 Å². The molecule has 3 nitrogen and oxygen atoms in total. The molecule has 1 unspecified atom stereocenters. The van der Waals surface area contributed by atoms with Gasteiger partial charge in [0.2, 0.25) is 0 Å². The topological polar surface area (TPSA) is 38.7 Å². The fourth-order valence-electron chi connectivity index (χ4n) is 2.24. The van der Waals surface area contributed by atoms with E-state index in [0.29, 0.717) is 23.8 Å². The molecule has 1 saturated heterocycles. The Morgan fingerprint density at radius 1 is 1.44 bits per heavy atom. The summed E-state index contributed by atoms with van der Waals surface area (Å²) in [6, 6.07) is 5.76. The number of benzene rings is 1. The first-order valence-electron chi connectivity index (χ1n) is 6.40. The Labute approximate surface area is 112 Å². The Morgan fingerprint density at radius 3 is 2.89 bits per heavy atom. The van der Waals surface area contributed by atoms with Gasteiger partial charge in [0, 0.05) is 12.8 Å². The number of aliphatic hydroxyl groups is 1. The molecule has 1 heterocycles. The second-order valence-electron chi connectivity index (χ2n) is 5.27. The average molecular weight is 269 g/mol. The Hall–Kier alpha value is -0.770. The van der Waals surface area contributed by atoms with Gasteiger partial charge >= 0.3 is 0 Å². The molecule has 1 aromatic rings. The van der Waals surface area contributed by atoms with Crippen LogP contribution in [0.5, 0.6) is 5.75 Å². The van der Waals surface area contributed by atoms with Crippen LogP contribution in [0.15, 0.2) is 18.2 Å². The maximum Gasteiger partial charge on any atom is 0.138 e. The van der Waals surface area contributed by atoms with Crippen molar-refractivity contribution >= 4 is 11.6 Å². The van der Waals surface area contributed by atoms with Crippen LogP contribution in [0.3, 0.4) is 0 Å². The van der Waals surface area contributed by atoms with Gasteiger partial charge in [0.1, 0.15) is 11.9 Å². The third-order valence-electron chi connectivity index (χ3n) is 3.54. The highest BCUT2D eigenvalue weighted by atomic mass is 35.5. The van der Waals surface area contributed by atoms with Gasteiger partial charge in [-0.05, 0) is 30.5 Å². The van der Waals surface area contributed by atoms with Crippen molar-refractivity contribution in [1.82, 2.24) is 0 Å². The first-order chi connectivity index (χ1) is 8.65. The highest BCUT2D eigenvalue weighted by Gasteiger charge is 2.40. The Balaban J connectivity index is 1.68. The SMILES string of the molecule is OC1(Cc2ccc(OC3CCOC3)c(Cl)c2)CC1. The molecule has 0 spiro atoms. The van der Waals surface area contributed by atoms with Crippen molar-refractivity contribution < 1.29 is 14.6 Å². The molecule has 1 aromatic carbocycles.